The molecule has 3 aromatic rings. The number of amides is 1. The molecule has 3 aromatic heterocycles. The molecule has 0 radical (unpaired) electrons. The van der Waals surface area contributed by atoms with Crippen molar-refractivity contribution in [1.82, 2.24) is 35.0 Å². The second kappa shape index (κ2) is 10.1. The highest BCUT2D eigenvalue weighted by Gasteiger charge is 2.36. The molecule has 1 fully saturated rings. The third kappa shape index (κ3) is 6.49. The van der Waals surface area contributed by atoms with Crippen molar-refractivity contribution in [3.63, 3.8) is 0 Å². The number of carbonyl (C=O) groups excluding carboxylic acids is 1. The summed E-state index contributed by atoms with van der Waals surface area (Å²) >= 11 is 0. The summed E-state index contributed by atoms with van der Waals surface area (Å²) in [5.41, 5.74) is -0.0868. The fraction of sp³-hybridized carbons (Fsp3) is 0.522. The van der Waals surface area contributed by atoms with Gasteiger partial charge in [0.2, 0.25) is 20.8 Å². The van der Waals surface area contributed by atoms with Crippen LogP contribution in [0.2, 0.25) is 0 Å². The fourth-order valence-electron chi connectivity index (χ4n) is 4.00. The number of hydrogen-bond donors (Lipinski definition) is 0. The molecule has 0 aliphatic carbocycles. The van der Waals surface area contributed by atoms with E-state index in [4.69, 9.17) is 9.15 Å². The van der Waals surface area contributed by atoms with Crippen LogP contribution in [0, 0.1) is 6.92 Å². The number of aryl methyl sites for hydroxylation is 1. The van der Waals surface area contributed by atoms with E-state index in [1.54, 1.807) is 32.6 Å². The van der Waals surface area contributed by atoms with Gasteiger partial charge in [0.1, 0.15) is 11.3 Å². The normalized spacial score (nSPS) is 15.4. The Kier molecular flexibility index (Phi) is 7.35. The maximum Gasteiger partial charge on any atom is 0.451 e. The van der Waals surface area contributed by atoms with E-state index in [9.17, 15) is 26.4 Å². The van der Waals surface area contributed by atoms with Crippen molar-refractivity contribution in [1.29, 1.82) is 0 Å². The van der Waals surface area contributed by atoms with Gasteiger partial charge in [0.05, 0.1) is 17.0 Å². The number of rotatable bonds is 4. The zero-order valence-corrected chi connectivity index (χ0v) is 22.6. The van der Waals surface area contributed by atoms with E-state index in [0.717, 1.165) is 12.5 Å². The molecule has 0 spiro atoms. The van der Waals surface area contributed by atoms with Gasteiger partial charge in [-0.25, -0.2) is 33.1 Å². The van der Waals surface area contributed by atoms with E-state index in [1.165, 1.54) is 6.07 Å². The minimum absolute atomic E-state index is 0.112. The topological polar surface area (TPSA) is 154 Å². The van der Waals surface area contributed by atoms with Gasteiger partial charge in [-0.3, -0.25) is 0 Å². The van der Waals surface area contributed by atoms with E-state index in [2.05, 4.69) is 30.1 Å². The first-order chi connectivity index (χ1) is 18.0. The predicted molar refractivity (Wildman–Crippen MR) is 129 cm³/mol. The van der Waals surface area contributed by atoms with E-state index < -0.39 is 38.7 Å². The summed E-state index contributed by atoms with van der Waals surface area (Å²) in [6.07, 6.45) is -2.47. The number of alkyl halides is 3. The first-order valence-corrected chi connectivity index (χ1v) is 13.7. The monoisotopic (exact) mass is 569 g/mol. The number of nitrogens with zero attached hydrogens (tertiary/aromatic N) is 7. The van der Waals surface area contributed by atoms with Gasteiger partial charge in [0, 0.05) is 31.5 Å². The Morgan fingerprint density at radius 1 is 1.08 bits per heavy atom. The van der Waals surface area contributed by atoms with Crippen LogP contribution in [0.25, 0.3) is 23.0 Å². The van der Waals surface area contributed by atoms with Crippen LogP contribution in [-0.2, 0) is 20.8 Å². The van der Waals surface area contributed by atoms with Gasteiger partial charge in [0.25, 0.3) is 11.8 Å². The first-order valence-electron chi connectivity index (χ1n) is 11.8. The lowest BCUT2D eigenvalue weighted by Crippen LogP contribution is -2.41. The molecule has 0 atom stereocenters. The quantitative estimate of drug-likeness (QED) is 0.421. The van der Waals surface area contributed by atoms with Crippen molar-refractivity contribution in [3.05, 3.63) is 29.5 Å². The van der Waals surface area contributed by atoms with E-state index >= 15 is 0 Å². The van der Waals surface area contributed by atoms with Crippen LogP contribution in [-0.4, -0.2) is 74.5 Å². The van der Waals surface area contributed by atoms with Crippen molar-refractivity contribution in [3.8, 4) is 23.0 Å². The van der Waals surface area contributed by atoms with Gasteiger partial charge in [-0.15, -0.1) is 10.2 Å². The number of likely N-dealkylation sites (tertiary alicyclic amines) is 1. The van der Waals surface area contributed by atoms with Crippen molar-refractivity contribution >= 4 is 15.9 Å². The van der Waals surface area contributed by atoms with Gasteiger partial charge in [-0.1, -0.05) is 0 Å². The summed E-state index contributed by atoms with van der Waals surface area (Å²) in [4.78, 5) is 29.2. The maximum absolute atomic E-state index is 13.1. The predicted octanol–water partition coefficient (Wildman–Crippen LogP) is 3.83. The highest BCUT2D eigenvalue weighted by Crippen LogP contribution is 2.37. The van der Waals surface area contributed by atoms with Crippen molar-refractivity contribution in [2.75, 3.05) is 19.3 Å². The Bertz CT molecular complexity index is 1490. The second-order valence-electron chi connectivity index (χ2n) is 10.0. The Labute approximate surface area is 222 Å². The first kappa shape index (κ1) is 28.3. The molecule has 0 bridgehead atoms. The molecule has 0 N–H and O–H groups in total. The number of carbonyl (C=O) groups is 1. The zero-order chi connectivity index (χ0) is 28.8. The van der Waals surface area contributed by atoms with Crippen LogP contribution in [0.3, 0.4) is 0 Å². The average Bonchev–Trinajstić information content (AvgIpc) is 3.31. The molecule has 0 saturated carbocycles. The number of aromatic nitrogens is 6. The largest absolute Gasteiger partial charge is 0.451 e. The lowest BCUT2D eigenvalue weighted by atomic mass is 9.90. The molecule has 210 valence electrons. The summed E-state index contributed by atoms with van der Waals surface area (Å²) < 4.78 is 74.9. The van der Waals surface area contributed by atoms with E-state index in [0.29, 0.717) is 31.6 Å². The van der Waals surface area contributed by atoms with Crippen molar-refractivity contribution in [2.45, 2.75) is 63.4 Å². The summed E-state index contributed by atoms with van der Waals surface area (Å²) in [6.45, 7) is 7.50. The summed E-state index contributed by atoms with van der Waals surface area (Å²) in [6, 6.07) is 1.19. The summed E-state index contributed by atoms with van der Waals surface area (Å²) in [7, 11) is -3.78. The van der Waals surface area contributed by atoms with Crippen LogP contribution in [0.15, 0.2) is 21.8 Å². The zero-order valence-electron chi connectivity index (χ0n) is 21.8. The summed E-state index contributed by atoms with van der Waals surface area (Å²) in [5, 5.41) is 7.42. The fourth-order valence-corrected chi connectivity index (χ4v) is 4.57. The minimum Gasteiger partial charge on any atom is -0.444 e. The molecule has 1 amide bonds. The number of sulfone groups is 1. The van der Waals surface area contributed by atoms with Crippen LogP contribution >= 0.6 is 0 Å². The SMILES string of the molecule is Cc1nc(S(C)(=O)=O)nc(C2CCN(C(=O)OC(C)(C)C)CC2)c1-c1nnc(-c2ccnc(C(F)(F)F)n2)o1. The molecule has 1 aliphatic heterocycles. The van der Waals surface area contributed by atoms with Gasteiger partial charge in [0.15, 0.2) is 0 Å². The van der Waals surface area contributed by atoms with Crippen molar-refractivity contribution < 1.29 is 35.5 Å². The van der Waals surface area contributed by atoms with Crippen LogP contribution in [0.1, 0.15) is 56.7 Å². The number of piperidine rings is 1. The third-order valence-electron chi connectivity index (χ3n) is 5.73. The lowest BCUT2D eigenvalue weighted by Gasteiger charge is -2.33. The molecule has 0 unspecified atom stereocenters. The summed E-state index contributed by atoms with van der Waals surface area (Å²) in [5.74, 6) is -2.09. The molecule has 0 aromatic carbocycles. The molecular formula is C23H26F3N7O5S. The molecular weight excluding hydrogens is 543 g/mol. The Balaban J connectivity index is 1.70. The standard InChI is InChI=1S/C23H26F3N7O5S/c1-12-15(18-32-31-17(37-18)14-6-9-27-19(29-14)23(24,25)26)16(30-20(28-12)39(5,35)36)13-7-10-33(11-8-13)21(34)38-22(2,3)4/h6,9,13H,7-8,10-11H2,1-5H3. The van der Waals surface area contributed by atoms with Gasteiger partial charge >= 0.3 is 12.3 Å². The third-order valence-corrected chi connectivity index (χ3v) is 6.58. The Hall–Kier alpha value is -3.69. The molecule has 16 heteroatoms. The van der Waals surface area contributed by atoms with Gasteiger partial charge in [-0.2, -0.15) is 13.2 Å². The van der Waals surface area contributed by atoms with Crippen LogP contribution in [0.5, 0.6) is 0 Å². The average molecular weight is 570 g/mol. The maximum atomic E-state index is 13.1. The van der Waals surface area contributed by atoms with Gasteiger partial charge < -0.3 is 14.1 Å². The van der Waals surface area contributed by atoms with Crippen LogP contribution in [0.4, 0.5) is 18.0 Å². The second-order valence-corrected chi connectivity index (χ2v) is 12.0. The highest BCUT2D eigenvalue weighted by molar-refractivity contribution is 7.90. The van der Waals surface area contributed by atoms with E-state index in [-0.39, 0.29) is 34.7 Å². The highest BCUT2D eigenvalue weighted by atomic mass is 32.2. The van der Waals surface area contributed by atoms with Crippen LogP contribution < -0.4 is 0 Å². The molecule has 4 rings (SSSR count). The molecule has 1 aliphatic rings. The van der Waals surface area contributed by atoms with Gasteiger partial charge in [-0.05, 0) is 46.6 Å². The smallest absolute Gasteiger partial charge is 0.444 e. The lowest BCUT2D eigenvalue weighted by molar-refractivity contribution is -0.144. The molecule has 4 heterocycles. The molecule has 39 heavy (non-hydrogen) atoms. The Morgan fingerprint density at radius 3 is 2.31 bits per heavy atom. The molecule has 1 saturated heterocycles. The van der Waals surface area contributed by atoms with Crippen molar-refractivity contribution in [2.24, 2.45) is 0 Å². The Morgan fingerprint density at radius 2 is 1.72 bits per heavy atom. The minimum atomic E-state index is -4.77. The molecule has 12 nitrogen and oxygen atoms in total. The number of hydrogen-bond acceptors (Lipinski definition) is 11. The number of ether oxygens (including phenoxy) is 1. The number of halogens is 3. The van der Waals surface area contributed by atoms with E-state index in [1.807, 2.05) is 0 Å².